The summed E-state index contributed by atoms with van der Waals surface area (Å²) in [5.41, 5.74) is 0.795. The fourth-order valence-corrected chi connectivity index (χ4v) is 2.35. The topological polar surface area (TPSA) is 81.5 Å². The minimum absolute atomic E-state index is 0.0337. The second-order valence-corrected chi connectivity index (χ2v) is 5.85. The molecule has 7 nitrogen and oxygen atoms in total. The lowest BCUT2D eigenvalue weighted by atomic mass is 10.2. The van der Waals surface area contributed by atoms with E-state index in [9.17, 15) is 4.79 Å². The summed E-state index contributed by atoms with van der Waals surface area (Å²) >= 11 is 5.15. The number of hydrogen-bond donors (Lipinski definition) is 1. The van der Waals surface area contributed by atoms with E-state index in [1.165, 1.54) is 7.11 Å². The zero-order chi connectivity index (χ0) is 17.1. The first kappa shape index (κ1) is 16.4. The molecule has 3 rings (SSSR count). The normalized spacial score (nSPS) is 14.1. The van der Waals surface area contributed by atoms with E-state index in [1.54, 1.807) is 29.1 Å². The first-order valence-electron chi connectivity index (χ1n) is 7.72. The van der Waals surface area contributed by atoms with Crippen LogP contribution in [0, 0.1) is 10.7 Å². The summed E-state index contributed by atoms with van der Waals surface area (Å²) in [6, 6.07) is 5.26. The molecule has 0 unspecified atom stereocenters. The third kappa shape index (κ3) is 3.53. The SMILES string of the molecule is CCc1n[nH]c(=S)n1N=Cc1ccc(OC(=O)C2CC2)c(OC)c1. The Hall–Kier alpha value is -2.48. The summed E-state index contributed by atoms with van der Waals surface area (Å²) in [6.07, 6.45) is 4.16. The van der Waals surface area contributed by atoms with Crippen LogP contribution < -0.4 is 9.47 Å². The number of rotatable bonds is 6. The largest absolute Gasteiger partial charge is 0.493 e. The zero-order valence-corrected chi connectivity index (χ0v) is 14.3. The quantitative estimate of drug-likeness (QED) is 0.376. The molecule has 1 aromatic heterocycles. The molecule has 0 aliphatic heterocycles. The standard InChI is InChI=1S/C16H18N4O3S/c1-3-14-18-19-16(24)20(14)17-9-10-4-7-12(13(8-10)22-2)23-15(21)11-5-6-11/h4,7-9,11H,3,5-6H2,1-2H3,(H,19,24). The first-order chi connectivity index (χ1) is 11.6. The van der Waals surface area contributed by atoms with Gasteiger partial charge in [0.1, 0.15) is 0 Å². The Labute approximate surface area is 144 Å². The van der Waals surface area contributed by atoms with E-state index in [0.717, 1.165) is 24.2 Å². The number of hydrogen-bond acceptors (Lipinski definition) is 6. The molecule has 126 valence electrons. The molecule has 0 saturated heterocycles. The van der Waals surface area contributed by atoms with Gasteiger partial charge in [-0.1, -0.05) is 6.92 Å². The highest BCUT2D eigenvalue weighted by Gasteiger charge is 2.32. The van der Waals surface area contributed by atoms with Crippen LogP contribution in [0.5, 0.6) is 11.5 Å². The fraction of sp³-hybridized carbons (Fsp3) is 0.375. The van der Waals surface area contributed by atoms with Gasteiger partial charge in [0.2, 0.25) is 4.77 Å². The van der Waals surface area contributed by atoms with Gasteiger partial charge in [-0.3, -0.25) is 9.89 Å². The second kappa shape index (κ2) is 6.96. The number of methoxy groups -OCH3 is 1. The van der Waals surface area contributed by atoms with Gasteiger partial charge in [0.15, 0.2) is 17.3 Å². The maximum atomic E-state index is 11.8. The van der Waals surface area contributed by atoms with Crippen LogP contribution in [0.4, 0.5) is 0 Å². The molecule has 1 saturated carbocycles. The number of aryl methyl sites for hydroxylation is 1. The first-order valence-corrected chi connectivity index (χ1v) is 8.13. The Bertz CT molecular complexity index is 836. The van der Waals surface area contributed by atoms with Crippen molar-refractivity contribution >= 4 is 24.4 Å². The third-order valence-electron chi connectivity index (χ3n) is 3.66. The molecule has 1 N–H and O–H groups in total. The van der Waals surface area contributed by atoms with Gasteiger partial charge in [-0.15, -0.1) is 0 Å². The molecule has 0 amide bonds. The molecule has 24 heavy (non-hydrogen) atoms. The number of esters is 1. The van der Waals surface area contributed by atoms with Gasteiger partial charge in [-0.25, -0.2) is 0 Å². The molecule has 1 heterocycles. The predicted octanol–water partition coefficient (Wildman–Crippen LogP) is 2.71. The number of benzene rings is 1. The highest BCUT2D eigenvalue weighted by atomic mass is 32.1. The lowest BCUT2D eigenvalue weighted by Crippen LogP contribution is -2.10. The molecule has 2 aromatic rings. The van der Waals surface area contributed by atoms with Crippen molar-refractivity contribution < 1.29 is 14.3 Å². The lowest BCUT2D eigenvalue weighted by Gasteiger charge is -2.09. The minimum Gasteiger partial charge on any atom is -0.493 e. The monoisotopic (exact) mass is 346 g/mol. The highest BCUT2D eigenvalue weighted by Crippen LogP contribution is 2.34. The van der Waals surface area contributed by atoms with Crippen LogP contribution in [0.25, 0.3) is 0 Å². The summed E-state index contributed by atoms with van der Waals surface area (Å²) in [5, 5.41) is 11.2. The van der Waals surface area contributed by atoms with Gasteiger partial charge in [-0.2, -0.15) is 14.9 Å². The Morgan fingerprint density at radius 2 is 2.29 bits per heavy atom. The van der Waals surface area contributed by atoms with Crippen molar-refractivity contribution in [1.29, 1.82) is 0 Å². The zero-order valence-electron chi connectivity index (χ0n) is 13.5. The molecule has 0 atom stereocenters. The average Bonchev–Trinajstić information content (AvgIpc) is 3.38. The third-order valence-corrected chi connectivity index (χ3v) is 3.93. The molecule has 1 fully saturated rings. The van der Waals surface area contributed by atoms with Crippen LogP contribution in [0.2, 0.25) is 0 Å². The van der Waals surface area contributed by atoms with Gasteiger partial charge >= 0.3 is 5.97 Å². The predicted molar refractivity (Wildman–Crippen MR) is 91.1 cm³/mol. The Morgan fingerprint density at radius 3 is 2.96 bits per heavy atom. The van der Waals surface area contributed by atoms with E-state index in [2.05, 4.69) is 15.3 Å². The number of carbonyl (C=O) groups excluding carboxylic acids is 1. The Kier molecular flexibility index (Phi) is 4.75. The van der Waals surface area contributed by atoms with Crippen LogP contribution in [-0.4, -0.2) is 34.2 Å². The number of nitrogens with one attached hydrogen (secondary N) is 1. The number of H-pyrrole nitrogens is 1. The molecule has 1 aliphatic carbocycles. The molecular weight excluding hydrogens is 328 g/mol. The highest BCUT2D eigenvalue weighted by molar-refractivity contribution is 7.71. The van der Waals surface area contributed by atoms with E-state index in [4.69, 9.17) is 21.7 Å². The van der Waals surface area contributed by atoms with Crippen molar-refractivity contribution in [3.8, 4) is 11.5 Å². The van der Waals surface area contributed by atoms with Crippen molar-refractivity contribution in [2.24, 2.45) is 11.0 Å². The molecule has 1 aromatic carbocycles. The van der Waals surface area contributed by atoms with Crippen molar-refractivity contribution in [3.63, 3.8) is 0 Å². The maximum Gasteiger partial charge on any atom is 0.314 e. The van der Waals surface area contributed by atoms with Gasteiger partial charge in [0.25, 0.3) is 0 Å². The van der Waals surface area contributed by atoms with Crippen molar-refractivity contribution in [1.82, 2.24) is 14.9 Å². The molecular formula is C16H18N4O3S. The van der Waals surface area contributed by atoms with Crippen LogP contribution in [0.3, 0.4) is 0 Å². The van der Waals surface area contributed by atoms with Crippen molar-refractivity contribution in [2.75, 3.05) is 7.11 Å². The number of aromatic nitrogens is 3. The van der Waals surface area contributed by atoms with E-state index in [1.807, 2.05) is 6.92 Å². The lowest BCUT2D eigenvalue weighted by molar-refractivity contribution is -0.135. The van der Waals surface area contributed by atoms with Crippen molar-refractivity contribution in [2.45, 2.75) is 26.2 Å². The van der Waals surface area contributed by atoms with E-state index < -0.39 is 0 Å². The average molecular weight is 346 g/mol. The summed E-state index contributed by atoms with van der Waals surface area (Å²) in [4.78, 5) is 11.8. The number of carbonyl (C=O) groups is 1. The molecule has 0 radical (unpaired) electrons. The summed E-state index contributed by atoms with van der Waals surface area (Å²) in [6.45, 7) is 1.98. The molecule has 0 bridgehead atoms. The van der Waals surface area contributed by atoms with E-state index >= 15 is 0 Å². The summed E-state index contributed by atoms with van der Waals surface area (Å²) in [7, 11) is 1.53. The minimum atomic E-state index is -0.202. The summed E-state index contributed by atoms with van der Waals surface area (Å²) in [5.74, 6) is 1.48. The molecule has 8 heteroatoms. The Morgan fingerprint density at radius 1 is 1.50 bits per heavy atom. The van der Waals surface area contributed by atoms with Gasteiger partial charge in [0, 0.05) is 6.42 Å². The van der Waals surface area contributed by atoms with Crippen LogP contribution in [-0.2, 0) is 11.2 Å². The molecule has 0 spiro atoms. The van der Waals surface area contributed by atoms with Gasteiger partial charge < -0.3 is 9.47 Å². The van der Waals surface area contributed by atoms with E-state index in [-0.39, 0.29) is 11.9 Å². The van der Waals surface area contributed by atoms with Gasteiger partial charge in [0.05, 0.1) is 19.2 Å². The number of aromatic amines is 1. The van der Waals surface area contributed by atoms with E-state index in [0.29, 0.717) is 22.7 Å². The fourth-order valence-electron chi connectivity index (χ4n) is 2.16. The van der Waals surface area contributed by atoms with Gasteiger partial charge in [-0.05, 0) is 48.8 Å². The van der Waals surface area contributed by atoms with Crippen LogP contribution >= 0.6 is 12.2 Å². The number of ether oxygens (including phenoxy) is 2. The van der Waals surface area contributed by atoms with Crippen LogP contribution in [0.15, 0.2) is 23.3 Å². The Balaban J connectivity index is 1.81. The van der Waals surface area contributed by atoms with Crippen LogP contribution in [0.1, 0.15) is 31.2 Å². The smallest absolute Gasteiger partial charge is 0.314 e. The van der Waals surface area contributed by atoms with Crippen molar-refractivity contribution in [3.05, 3.63) is 34.4 Å². The maximum absolute atomic E-state index is 11.8. The molecule has 1 aliphatic rings. The second-order valence-electron chi connectivity index (χ2n) is 5.46. The number of nitrogens with zero attached hydrogens (tertiary/aromatic N) is 3. The summed E-state index contributed by atoms with van der Waals surface area (Å²) < 4.78 is 12.7.